The zero-order chi connectivity index (χ0) is 13.1. The second kappa shape index (κ2) is 5.23. The first-order valence-electron chi connectivity index (χ1n) is 5.54. The molecule has 0 atom stereocenters. The van der Waals surface area contributed by atoms with E-state index in [9.17, 15) is 4.79 Å². The van der Waals surface area contributed by atoms with Gasteiger partial charge in [-0.2, -0.15) is 0 Å². The number of ether oxygens (including phenoxy) is 1. The lowest BCUT2D eigenvalue weighted by atomic mass is 10.0. The van der Waals surface area contributed by atoms with Crippen LogP contribution in [0.1, 0.15) is 11.1 Å². The van der Waals surface area contributed by atoms with Crippen molar-refractivity contribution < 1.29 is 9.53 Å². The average Bonchev–Trinajstić information content (AvgIpc) is 2.30. The van der Waals surface area contributed by atoms with Crippen LogP contribution in [-0.2, 0) is 11.2 Å². The highest BCUT2D eigenvalue weighted by Gasteiger charge is 2.06. The molecule has 4 nitrogen and oxygen atoms in total. The third-order valence-corrected chi connectivity index (χ3v) is 3.09. The Morgan fingerprint density at radius 1 is 1.50 bits per heavy atom. The summed E-state index contributed by atoms with van der Waals surface area (Å²) in [5.74, 6) is 0. The Morgan fingerprint density at radius 3 is 3.00 bits per heavy atom. The van der Waals surface area contributed by atoms with Gasteiger partial charge in [-0.25, -0.2) is 4.79 Å². The van der Waals surface area contributed by atoms with Crippen LogP contribution < -0.4 is 5.73 Å². The van der Waals surface area contributed by atoms with Gasteiger partial charge in [-0.3, -0.25) is 4.98 Å². The fourth-order valence-corrected chi connectivity index (χ4v) is 2.05. The highest BCUT2D eigenvalue weighted by Crippen LogP contribution is 2.25. The maximum atomic E-state index is 10.5. The number of amides is 1. The van der Waals surface area contributed by atoms with E-state index in [-0.39, 0.29) is 6.61 Å². The molecule has 0 aliphatic heterocycles. The van der Waals surface area contributed by atoms with Gasteiger partial charge in [0.15, 0.2) is 0 Å². The maximum Gasteiger partial charge on any atom is 0.404 e. The molecule has 0 aliphatic carbocycles. The zero-order valence-corrected chi connectivity index (χ0v) is 10.7. The van der Waals surface area contributed by atoms with Crippen molar-refractivity contribution in [1.82, 2.24) is 4.98 Å². The number of hydrogen-bond acceptors (Lipinski definition) is 3. The molecule has 0 radical (unpaired) electrons. The lowest BCUT2D eigenvalue weighted by molar-refractivity contribution is 0.158. The largest absolute Gasteiger partial charge is 0.449 e. The summed E-state index contributed by atoms with van der Waals surface area (Å²) in [6.07, 6.45) is 1.53. The van der Waals surface area contributed by atoms with Crippen molar-refractivity contribution in [3.05, 3.63) is 40.5 Å². The Hall–Kier alpha value is -1.81. The number of aromatic nitrogens is 1. The molecule has 0 saturated heterocycles. The van der Waals surface area contributed by atoms with Crippen molar-refractivity contribution in [3.8, 4) is 0 Å². The molecule has 2 aromatic rings. The Labute approximate surface area is 110 Å². The number of aryl methyl sites for hydroxylation is 1. The maximum absolute atomic E-state index is 10.5. The number of nitrogens with zero attached hydrogens (tertiary/aromatic N) is 1. The molecule has 5 heteroatoms. The number of fused-ring (bicyclic) bond motifs is 1. The molecule has 2 rings (SSSR count). The van der Waals surface area contributed by atoms with E-state index in [2.05, 4.69) is 4.98 Å². The fourth-order valence-electron chi connectivity index (χ4n) is 1.84. The Bertz CT molecular complexity index is 599. The molecular weight excluding hydrogens is 252 g/mol. The van der Waals surface area contributed by atoms with Crippen molar-refractivity contribution in [2.75, 3.05) is 6.61 Å². The molecule has 1 aromatic heterocycles. The molecule has 0 fully saturated rings. The predicted molar refractivity (Wildman–Crippen MR) is 70.7 cm³/mol. The molecule has 0 bridgehead atoms. The summed E-state index contributed by atoms with van der Waals surface area (Å²) in [6, 6.07) is 5.70. The van der Waals surface area contributed by atoms with Gasteiger partial charge in [-0.15, -0.1) is 0 Å². The number of carbonyl (C=O) groups is 1. The van der Waals surface area contributed by atoms with Crippen molar-refractivity contribution in [2.45, 2.75) is 13.3 Å². The van der Waals surface area contributed by atoms with Gasteiger partial charge in [0.25, 0.3) is 0 Å². The van der Waals surface area contributed by atoms with Gasteiger partial charge in [0.05, 0.1) is 17.1 Å². The zero-order valence-electron chi connectivity index (χ0n) is 9.94. The lowest BCUT2D eigenvalue weighted by Gasteiger charge is -2.08. The van der Waals surface area contributed by atoms with Gasteiger partial charge in [0.2, 0.25) is 0 Å². The fraction of sp³-hybridized carbons (Fsp3) is 0.231. The van der Waals surface area contributed by atoms with Crippen LogP contribution in [0.5, 0.6) is 0 Å². The first-order chi connectivity index (χ1) is 8.58. The van der Waals surface area contributed by atoms with E-state index in [1.165, 1.54) is 0 Å². The van der Waals surface area contributed by atoms with Crippen LogP contribution in [0.4, 0.5) is 4.79 Å². The lowest BCUT2D eigenvalue weighted by Crippen LogP contribution is -2.15. The summed E-state index contributed by atoms with van der Waals surface area (Å²) in [5.41, 5.74) is 7.93. The van der Waals surface area contributed by atoms with Crippen LogP contribution in [0, 0.1) is 6.92 Å². The third kappa shape index (κ3) is 2.71. The van der Waals surface area contributed by atoms with Crippen LogP contribution >= 0.6 is 11.6 Å². The summed E-state index contributed by atoms with van der Waals surface area (Å²) in [5, 5.41) is 1.57. The molecule has 0 spiro atoms. The minimum atomic E-state index is -0.756. The number of carbonyl (C=O) groups excluding carboxylic acids is 1. The van der Waals surface area contributed by atoms with Gasteiger partial charge in [0.1, 0.15) is 0 Å². The first-order valence-corrected chi connectivity index (χ1v) is 5.91. The first kappa shape index (κ1) is 12.6. The molecule has 18 heavy (non-hydrogen) atoms. The summed E-state index contributed by atoms with van der Waals surface area (Å²) in [7, 11) is 0. The van der Waals surface area contributed by atoms with Crippen molar-refractivity contribution in [1.29, 1.82) is 0 Å². The minimum absolute atomic E-state index is 0.263. The number of benzene rings is 1. The van der Waals surface area contributed by atoms with Crippen molar-refractivity contribution in [3.63, 3.8) is 0 Å². The molecule has 1 aromatic carbocycles. The van der Waals surface area contributed by atoms with E-state index in [4.69, 9.17) is 22.1 Å². The Kier molecular flexibility index (Phi) is 3.67. The monoisotopic (exact) mass is 264 g/mol. The standard InChI is InChI=1S/C13H13ClN2O2/c1-8-6-12-10(11(14)2-4-16-12)7-9(8)3-5-18-13(15)17/h2,4,6-7H,3,5H2,1H3,(H2,15,17). The van der Waals surface area contributed by atoms with E-state index in [1.54, 1.807) is 12.3 Å². The second-order valence-corrected chi connectivity index (χ2v) is 4.41. The van der Waals surface area contributed by atoms with Crippen LogP contribution in [-0.4, -0.2) is 17.7 Å². The molecule has 1 heterocycles. The summed E-state index contributed by atoms with van der Waals surface area (Å²) < 4.78 is 4.73. The third-order valence-electron chi connectivity index (χ3n) is 2.76. The van der Waals surface area contributed by atoms with E-state index in [0.717, 1.165) is 22.0 Å². The Morgan fingerprint density at radius 2 is 2.28 bits per heavy atom. The number of hydrogen-bond donors (Lipinski definition) is 1. The average molecular weight is 265 g/mol. The molecule has 94 valence electrons. The molecule has 1 amide bonds. The van der Waals surface area contributed by atoms with Crippen LogP contribution in [0.2, 0.25) is 5.02 Å². The van der Waals surface area contributed by atoms with E-state index >= 15 is 0 Å². The molecule has 0 aliphatic rings. The van der Waals surface area contributed by atoms with Gasteiger partial charge < -0.3 is 10.5 Å². The molecule has 2 N–H and O–H groups in total. The number of rotatable bonds is 3. The molecular formula is C13H13ClN2O2. The van der Waals surface area contributed by atoms with Crippen molar-refractivity contribution in [2.24, 2.45) is 5.73 Å². The summed E-state index contributed by atoms with van der Waals surface area (Å²) in [6.45, 7) is 2.25. The van der Waals surface area contributed by atoms with Gasteiger partial charge in [-0.05, 0) is 36.2 Å². The van der Waals surface area contributed by atoms with Crippen molar-refractivity contribution >= 4 is 28.6 Å². The summed E-state index contributed by atoms with van der Waals surface area (Å²) >= 11 is 6.12. The quantitative estimate of drug-likeness (QED) is 0.927. The SMILES string of the molecule is Cc1cc2nccc(Cl)c2cc1CCOC(N)=O. The van der Waals surface area contributed by atoms with Crippen LogP contribution in [0.3, 0.4) is 0 Å². The van der Waals surface area contributed by atoms with Gasteiger partial charge in [0, 0.05) is 18.0 Å². The van der Waals surface area contributed by atoms with Crippen LogP contribution in [0.25, 0.3) is 10.9 Å². The number of halogens is 1. The number of nitrogens with two attached hydrogens (primary N) is 1. The molecule has 0 saturated carbocycles. The molecule has 0 unspecified atom stereocenters. The van der Waals surface area contributed by atoms with E-state index in [0.29, 0.717) is 11.4 Å². The van der Waals surface area contributed by atoms with E-state index in [1.807, 2.05) is 19.1 Å². The highest BCUT2D eigenvalue weighted by molar-refractivity contribution is 6.35. The number of pyridine rings is 1. The predicted octanol–water partition coefficient (Wildman–Crippen LogP) is 2.83. The summed E-state index contributed by atoms with van der Waals surface area (Å²) in [4.78, 5) is 14.8. The normalized spacial score (nSPS) is 10.6. The number of primary amides is 1. The Balaban J connectivity index is 2.30. The van der Waals surface area contributed by atoms with E-state index < -0.39 is 6.09 Å². The highest BCUT2D eigenvalue weighted by atomic mass is 35.5. The second-order valence-electron chi connectivity index (χ2n) is 4.01. The smallest absolute Gasteiger partial charge is 0.404 e. The van der Waals surface area contributed by atoms with Gasteiger partial charge in [-0.1, -0.05) is 11.6 Å². The van der Waals surface area contributed by atoms with Crippen LogP contribution in [0.15, 0.2) is 24.4 Å². The topological polar surface area (TPSA) is 65.2 Å². The minimum Gasteiger partial charge on any atom is -0.449 e. The van der Waals surface area contributed by atoms with Gasteiger partial charge >= 0.3 is 6.09 Å².